The lowest BCUT2D eigenvalue weighted by molar-refractivity contribution is 0.575. The van der Waals surface area contributed by atoms with Crippen LogP contribution in [0.25, 0.3) is 0 Å². The molecule has 0 aromatic heterocycles. The monoisotopic (exact) mass is 244 g/mol. The molecule has 0 N–H and O–H groups in total. The van der Waals surface area contributed by atoms with Gasteiger partial charge in [-0.25, -0.2) is 4.39 Å². The standard InChI is InChI=1S/C11H14BrF/c1-7-5-8(11(2,3)4)9(12)6-10(7)13/h5-6H,1-4H3. The lowest BCUT2D eigenvalue weighted by Crippen LogP contribution is -2.12. The number of aryl methyl sites for hydroxylation is 1. The van der Waals surface area contributed by atoms with Crippen LogP contribution in [0, 0.1) is 12.7 Å². The van der Waals surface area contributed by atoms with E-state index in [1.54, 1.807) is 6.92 Å². The van der Waals surface area contributed by atoms with Gasteiger partial charge in [0.25, 0.3) is 0 Å². The second-order valence-corrected chi connectivity index (χ2v) is 5.19. The first-order valence-electron chi connectivity index (χ1n) is 4.28. The second-order valence-electron chi connectivity index (χ2n) is 4.33. The van der Waals surface area contributed by atoms with E-state index in [0.717, 1.165) is 10.0 Å². The molecule has 0 unspecified atom stereocenters. The topological polar surface area (TPSA) is 0 Å². The Morgan fingerprint density at radius 1 is 1.23 bits per heavy atom. The SMILES string of the molecule is Cc1cc(C(C)(C)C)c(Br)cc1F. The molecule has 0 atom stereocenters. The highest BCUT2D eigenvalue weighted by Gasteiger charge is 2.18. The Labute approximate surface area is 87.3 Å². The van der Waals surface area contributed by atoms with Crippen molar-refractivity contribution in [1.82, 2.24) is 0 Å². The van der Waals surface area contributed by atoms with Crippen LogP contribution in [-0.2, 0) is 5.41 Å². The van der Waals surface area contributed by atoms with Crippen LogP contribution in [0.1, 0.15) is 31.9 Å². The predicted molar refractivity (Wildman–Crippen MR) is 57.5 cm³/mol. The van der Waals surface area contributed by atoms with E-state index in [1.165, 1.54) is 6.07 Å². The van der Waals surface area contributed by atoms with Crippen LogP contribution in [-0.4, -0.2) is 0 Å². The number of hydrogen-bond acceptors (Lipinski definition) is 0. The minimum atomic E-state index is -0.153. The molecule has 1 aromatic carbocycles. The first kappa shape index (κ1) is 10.7. The van der Waals surface area contributed by atoms with E-state index in [2.05, 4.69) is 36.7 Å². The Morgan fingerprint density at radius 3 is 2.23 bits per heavy atom. The molecule has 0 heterocycles. The maximum Gasteiger partial charge on any atom is 0.127 e. The third kappa shape index (κ3) is 2.31. The van der Waals surface area contributed by atoms with E-state index in [-0.39, 0.29) is 11.2 Å². The van der Waals surface area contributed by atoms with Crippen LogP contribution in [0.2, 0.25) is 0 Å². The van der Waals surface area contributed by atoms with Crippen LogP contribution >= 0.6 is 15.9 Å². The molecule has 0 radical (unpaired) electrons. The van der Waals surface area contributed by atoms with Gasteiger partial charge in [-0.1, -0.05) is 42.8 Å². The van der Waals surface area contributed by atoms with E-state index in [1.807, 2.05) is 6.07 Å². The van der Waals surface area contributed by atoms with Crippen molar-refractivity contribution in [1.29, 1.82) is 0 Å². The van der Waals surface area contributed by atoms with Crippen molar-refractivity contribution in [2.24, 2.45) is 0 Å². The van der Waals surface area contributed by atoms with Crippen LogP contribution < -0.4 is 0 Å². The highest BCUT2D eigenvalue weighted by molar-refractivity contribution is 9.10. The molecule has 0 saturated carbocycles. The average molecular weight is 245 g/mol. The molecule has 0 aliphatic heterocycles. The van der Waals surface area contributed by atoms with Crippen LogP contribution in [0.3, 0.4) is 0 Å². The highest BCUT2D eigenvalue weighted by Crippen LogP contribution is 2.31. The number of benzene rings is 1. The summed E-state index contributed by atoms with van der Waals surface area (Å²) in [6.07, 6.45) is 0. The number of rotatable bonds is 0. The Kier molecular flexibility index (Phi) is 2.81. The Balaban J connectivity index is 3.32. The predicted octanol–water partition coefficient (Wildman–Crippen LogP) is 4.19. The molecular formula is C11H14BrF. The van der Waals surface area contributed by atoms with Crippen molar-refractivity contribution < 1.29 is 4.39 Å². The summed E-state index contributed by atoms with van der Waals surface area (Å²) < 4.78 is 14.0. The zero-order valence-electron chi connectivity index (χ0n) is 8.41. The first-order valence-corrected chi connectivity index (χ1v) is 5.08. The molecule has 0 amide bonds. The summed E-state index contributed by atoms with van der Waals surface area (Å²) in [5.41, 5.74) is 1.90. The molecule has 0 nitrogen and oxygen atoms in total. The molecule has 1 rings (SSSR count). The van der Waals surface area contributed by atoms with E-state index >= 15 is 0 Å². The summed E-state index contributed by atoms with van der Waals surface area (Å²) in [6, 6.07) is 3.44. The van der Waals surface area contributed by atoms with Crippen molar-refractivity contribution >= 4 is 15.9 Å². The molecule has 72 valence electrons. The van der Waals surface area contributed by atoms with E-state index in [9.17, 15) is 4.39 Å². The van der Waals surface area contributed by atoms with Crippen molar-refractivity contribution in [3.8, 4) is 0 Å². The van der Waals surface area contributed by atoms with E-state index in [4.69, 9.17) is 0 Å². The van der Waals surface area contributed by atoms with Crippen LogP contribution in [0.15, 0.2) is 16.6 Å². The van der Waals surface area contributed by atoms with Gasteiger partial charge in [-0.3, -0.25) is 0 Å². The lowest BCUT2D eigenvalue weighted by atomic mass is 9.86. The van der Waals surface area contributed by atoms with Crippen molar-refractivity contribution in [3.05, 3.63) is 33.5 Å². The fourth-order valence-corrected chi connectivity index (χ4v) is 2.14. The van der Waals surface area contributed by atoms with Gasteiger partial charge in [0.15, 0.2) is 0 Å². The maximum absolute atomic E-state index is 13.1. The third-order valence-electron chi connectivity index (χ3n) is 2.06. The lowest BCUT2D eigenvalue weighted by Gasteiger charge is -2.21. The molecule has 0 fully saturated rings. The largest absolute Gasteiger partial charge is 0.207 e. The molecule has 0 aliphatic carbocycles. The smallest absolute Gasteiger partial charge is 0.127 e. The molecule has 0 aliphatic rings. The molecule has 0 saturated heterocycles. The van der Waals surface area contributed by atoms with Gasteiger partial charge in [-0.15, -0.1) is 0 Å². The van der Waals surface area contributed by atoms with E-state index < -0.39 is 0 Å². The van der Waals surface area contributed by atoms with Crippen molar-refractivity contribution in [2.45, 2.75) is 33.1 Å². The van der Waals surface area contributed by atoms with Crippen molar-refractivity contribution in [3.63, 3.8) is 0 Å². The van der Waals surface area contributed by atoms with Gasteiger partial charge in [0.2, 0.25) is 0 Å². The zero-order valence-corrected chi connectivity index (χ0v) is 10.00. The van der Waals surface area contributed by atoms with Gasteiger partial charge in [-0.2, -0.15) is 0 Å². The van der Waals surface area contributed by atoms with Gasteiger partial charge in [0.05, 0.1) is 0 Å². The third-order valence-corrected chi connectivity index (χ3v) is 2.71. The Bertz CT molecular complexity index is 324. The van der Waals surface area contributed by atoms with Crippen molar-refractivity contribution in [2.75, 3.05) is 0 Å². The summed E-state index contributed by atoms with van der Waals surface area (Å²) in [5, 5.41) is 0. The van der Waals surface area contributed by atoms with E-state index in [0.29, 0.717) is 5.56 Å². The van der Waals surface area contributed by atoms with Gasteiger partial charge >= 0.3 is 0 Å². The summed E-state index contributed by atoms with van der Waals surface area (Å²) in [5.74, 6) is -0.153. The normalized spacial score (nSPS) is 11.8. The fourth-order valence-electron chi connectivity index (χ4n) is 1.23. The summed E-state index contributed by atoms with van der Waals surface area (Å²) in [7, 11) is 0. The Hall–Kier alpha value is -0.370. The van der Waals surface area contributed by atoms with Gasteiger partial charge in [-0.05, 0) is 29.5 Å². The fraction of sp³-hybridized carbons (Fsp3) is 0.455. The second kappa shape index (κ2) is 3.41. The summed E-state index contributed by atoms with van der Waals surface area (Å²) >= 11 is 3.38. The van der Waals surface area contributed by atoms with Crippen LogP contribution in [0.4, 0.5) is 4.39 Å². The first-order chi connectivity index (χ1) is 5.82. The Morgan fingerprint density at radius 2 is 1.77 bits per heavy atom. The molecule has 1 aromatic rings. The number of hydrogen-bond donors (Lipinski definition) is 0. The highest BCUT2D eigenvalue weighted by atomic mass is 79.9. The number of halogens is 2. The van der Waals surface area contributed by atoms with Gasteiger partial charge in [0, 0.05) is 4.47 Å². The summed E-state index contributed by atoms with van der Waals surface area (Å²) in [6.45, 7) is 8.14. The average Bonchev–Trinajstić information content (AvgIpc) is 1.94. The summed E-state index contributed by atoms with van der Waals surface area (Å²) in [4.78, 5) is 0. The molecule has 2 heteroatoms. The molecule has 0 bridgehead atoms. The molecular weight excluding hydrogens is 231 g/mol. The van der Waals surface area contributed by atoms with Gasteiger partial charge in [0.1, 0.15) is 5.82 Å². The minimum absolute atomic E-state index is 0.0529. The molecule has 0 spiro atoms. The quantitative estimate of drug-likeness (QED) is 0.642. The van der Waals surface area contributed by atoms with Crippen LogP contribution in [0.5, 0.6) is 0 Å². The zero-order chi connectivity index (χ0) is 10.2. The molecule has 13 heavy (non-hydrogen) atoms. The van der Waals surface area contributed by atoms with Gasteiger partial charge < -0.3 is 0 Å². The minimum Gasteiger partial charge on any atom is -0.207 e. The maximum atomic E-state index is 13.1.